The topological polar surface area (TPSA) is 38.0 Å². The highest BCUT2D eigenvalue weighted by Gasteiger charge is 2.20. The Kier molecular flexibility index (Phi) is 3.27. The monoisotopic (exact) mass is 204 g/mol. The van der Waals surface area contributed by atoms with Crippen LogP contribution in [0.4, 0.5) is 5.69 Å². The highest BCUT2D eigenvalue weighted by Crippen LogP contribution is 2.29. The Balaban J connectivity index is 2.05. The molecule has 0 aliphatic carbocycles. The molecule has 1 saturated heterocycles. The van der Waals surface area contributed by atoms with Gasteiger partial charge in [-0.25, -0.2) is 0 Å². The Bertz CT molecular complexity index is 299. The summed E-state index contributed by atoms with van der Waals surface area (Å²) in [6, 6.07) is 8.33. The van der Waals surface area contributed by atoms with Gasteiger partial charge in [0.2, 0.25) is 0 Å². The van der Waals surface area contributed by atoms with Crippen LogP contribution in [0.25, 0.3) is 0 Å². The molecule has 3 N–H and O–H groups in total. The van der Waals surface area contributed by atoms with E-state index >= 15 is 0 Å². The molecule has 1 aromatic rings. The summed E-state index contributed by atoms with van der Waals surface area (Å²) >= 11 is 0. The highest BCUT2D eigenvalue weighted by atomic mass is 14.9. The maximum Gasteiger partial charge on any atom is 0.0314 e. The molecule has 1 aromatic carbocycles. The molecular formula is C13H20N2. The van der Waals surface area contributed by atoms with Crippen molar-refractivity contribution in [2.24, 2.45) is 5.92 Å². The summed E-state index contributed by atoms with van der Waals surface area (Å²) in [6.45, 7) is 4.67. The first-order chi connectivity index (χ1) is 7.27. The van der Waals surface area contributed by atoms with Crippen molar-refractivity contribution in [1.82, 2.24) is 5.32 Å². The largest absolute Gasteiger partial charge is 0.399 e. The number of rotatable bonds is 2. The zero-order chi connectivity index (χ0) is 10.7. The van der Waals surface area contributed by atoms with Crippen LogP contribution in [0.2, 0.25) is 0 Å². The van der Waals surface area contributed by atoms with E-state index < -0.39 is 0 Å². The Morgan fingerprint density at radius 1 is 1.33 bits per heavy atom. The number of piperidine rings is 1. The predicted molar refractivity (Wildman–Crippen MR) is 64.9 cm³/mol. The SMILES string of the molecule is CC(c1ccc(N)cc1)C1CCCNC1. The fourth-order valence-electron chi connectivity index (χ4n) is 2.38. The first-order valence-corrected chi connectivity index (χ1v) is 5.83. The average Bonchev–Trinajstić information content (AvgIpc) is 2.30. The van der Waals surface area contributed by atoms with E-state index in [1.165, 1.54) is 24.9 Å². The van der Waals surface area contributed by atoms with E-state index in [0.29, 0.717) is 5.92 Å². The van der Waals surface area contributed by atoms with Crippen molar-refractivity contribution in [1.29, 1.82) is 0 Å². The number of nitrogens with two attached hydrogens (primary N) is 1. The molecule has 1 aliphatic heterocycles. The quantitative estimate of drug-likeness (QED) is 0.726. The molecule has 2 rings (SSSR count). The molecule has 0 bridgehead atoms. The molecule has 2 unspecified atom stereocenters. The third kappa shape index (κ3) is 2.51. The van der Waals surface area contributed by atoms with Crippen LogP contribution < -0.4 is 11.1 Å². The molecule has 0 aromatic heterocycles. The summed E-state index contributed by atoms with van der Waals surface area (Å²) in [5.74, 6) is 1.42. The van der Waals surface area contributed by atoms with Gasteiger partial charge >= 0.3 is 0 Å². The Hall–Kier alpha value is -1.02. The van der Waals surface area contributed by atoms with E-state index in [-0.39, 0.29) is 0 Å². The Morgan fingerprint density at radius 3 is 2.67 bits per heavy atom. The summed E-state index contributed by atoms with van der Waals surface area (Å²) in [6.07, 6.45) is 2.66. The molecule has 1 fully saturated rings. The molecule has 2 heteroatoms. The van der Waals surface area contributed by atoms with Crippen molar-refractivity contribution < 1.29 is 0 Å². The van der Waals surface area contributed by atoms with Crippen LogP contribution in [0, 0.1) is 5.92 Å². The lowest BCUT2D eigenvalue weighted by atomic mass is 9.83. The molecule has 1 aliphatic rings. The van der Waals surface area contributed by atoms with Crippen LogP contribution in [0.1, 0.15) is 31.2 Å². The van der Waals surface area contributed by atoms with Crippen LogP contribution in [-0.4, -0.2) is 13.1 Å². The number of benzene rings is 1. The van der Waals surface area contributed by atoms with Crippen LogP contribution in [0.15, 0.2) is 24.3 Å². The van der Waals surface area contributed by atoms with E-state index in [0.717, 1.165) is 18.2 Å². The van der Waals surface area contributed by atoms with Crippen molar-refractivity contribution in [2.75, 3.05) is 18.8 Å². The maximum atomic E-state index is 5.69. The molecule has 0 amide bonds. The van der Waals surface area contributed by atoms with Crippen molar-refractivity contribution in [3.63, 3.8) is 0 Å². The summed E-state index contributed by atoms with van der Waals surface area (Å²) in [5, 5.41) is 3.47. The number of anilines is 1. The number of nitrogens with one attached hydrogen (secondary N) is 1. The Labute approximate surface area is 91.9 Å². The van der Waals surface area contributed by atoms with E-state index in [2.05, 4.69) is 24.4 Å². The van der Waals surface area contributed by atoms with Gasteiger partial charge < -0.3 is 11.1 Å². The second-order valence-electron chi connectivity index (χ2n) is 4.56. The lowest BCUT2D eigenvalue weighted by molar-refractivity contribution is 0.334. The lowest BCUT2D eigenvalue weighted by Crippen LogP contribution is -2.32. The first kappa shape index (κ1) is 10.5. The lowest BCUT2D eigenvalue weighted by Gasteiger charge is -2.28. The first-order valence-electron chi connectivity index (χ1n) is 5.83. The van der Waals surface area contributed by atoms with E-state index in [9.17, 15) is 0 Å². The molecule has 2 nitrogen and oxygen atoms in total. The average molecular weight is 204 g/mol. The van der Waals surface area contributed by atoms with Gasteiger partial charge in [0.05, 0.1) is 0 Å². The number of hydrogen-bond donors (Lipinski definition) is 2. The smallest absolute Gasteiger partial charge is 0.0314 e. The van der Waals surface area contributed by atoms with Gasteiger partial charge in [0.25, 0.3) is 0 Å². The molecule has 15 heavy (non-hydrogen) atoms. The predicted octanol–water partition coefficient (Wildman–Crippen LogP) is 2.37. The molecule has 0 saturated carbocycles. The second-order valence-corrected chi connectivity index (χ2v) is 4.56. The highest BCUT2D eigenvalue weighted by molar-refractivity contribution is 5.40. The molecule has 2 atom stereocenters. The minimum atomic E-state index is 0.637. The normalized spacial score (nSPS) is 23.7. The van der Waals surface area contributed by atoms with Crippen LogP contribution in [0.5, 0.6) is 0 Å². The van der Waals surface area contributed by atoms with Gasteiger partial charge in [-0.3, -0.25) is 0 Å². The summed E-state index contributed by atoms with van der Waals surface area (Å²) in [4.78, 5) is 0. The van der Waals surface area contributed by atoms with Gasteiger partial charge in [-0.2, -0.15) is 0 Å². The fraction of sp³-hybridized carbons (Fsp3) is 0.538. The van der Waals surface area contributed by atoms with Crippen LogP contribution in [-0.2, 0) is 0 Å². The Morgan fingerprint density at radius 2 is 2.07 bits per heavy atom. The summed E-state index contributed by atoms with van der Waals surface area (Å²) in [7, 11) is 0. The summed E-state index contributed by atoms with van der Waals surface area (Å²) in [5.41, 5.74) is 7.96. The van der Waals surface area contributed by atoms with Gasteiger partial charge in [0.15, 0.2) is 0 Å². The van der Waals surface area contributed by atoms with Crippen molar-refractivity contribution in [3.05, 3.63) is 29.8 Å². The van der Waals surface area contributed by atoms with E-state index in [1.54, 1.807) is 0 Å². The van der Waals surface area contributed by atoms with E-state index in [4.69, 9.17) is 5.73 Å². The van der Waals surface area contributed by atoms with Gasteiger partial charge in [-0.05, 0) is 55.5 Å². The standard InChI is InChI=1S/C13H20N2/c1-10(12-3-2-8-15-9-12)11-4-6-13(14)7-5-11/h4-7,10,12,15H,2-3,8-9,14H2,1H3. The fourth-order valence-corrected chi connectivity index (χ4v) is 2.38. The number of hydrogen-bond acceptors (Lipinski definition) is 2. The van der Waals surface area contributed by atoms with Crippen molar-refractivity contribution in [3.8, 4) is 0 Å². The van der Waals surface area contributed by atoms with Gasteiger partial charge in [-0.1, -0.05) is 19.1 Å². The van der Waals surface area contributed by atoms with Gasteiger partial charge in [0.1, 0.15) is 0 Å². The third-order valence-corrected chi connectivity index (χ3v) is 3.50. The zero-order valence-electron chi connectivity index (χ0n) is 9.37. The third-order valence-electron chi connectivity index (χ3n) is 3.50. The van der Waals surface area contributed by atoms with Crippen LogP contribution in [0.3, 0.4) is 0 Å². The second kappa shape index (κ2) is 4.67. The molecule has 82 valence electrons. The summed E-state index contributed by atoms with van der Waals surface area (Å²) < 4.78 is 0. The van der Waals surface area contributed by atoms with E-state index in [1.807, 2.05) is 12.1 Å². The van der Waals surface area contributed by atoms with Gasteiger partial charge in [-0.15, -0.1) is 0 Å². The van der Waals surface area contributed by atoms with Crippen molar-refractivity contribution >= 4 is 5.69 Å². The molecule has 0 spiro atoms. The maximum absolute atomic E-state index is 5.69. The van der Waals surface area contributed by atoms with Crippen molar-refractivity contribution in [2.45, 2.75) is 25.7 Å². The molecule has 1 heterocycles. The van der Waals surface area contributed by atoms with Gasteiger partial charge in [0, 0.05) is 5.69 Å². The molecule has 0 radical (unpaired) electrons. The zero-order valence-corrected chi connectivity index (χ0v) is 9.37. The molecular weight excluding hydrogens is 184 g/mol. The minimum absolute atomic E-state index is 0.637. The van der Waals surface area contributed by atoms with Crippen LogP contribution >= 0.6 is 0 Å². The number of nitrogen functional groups attached to an aromatic ring is 1. The minimum Gasteiger partial charge on any atom is -0.399 e.